The van der Waals surface area contributed by atoms with E-state index in [4.69, 9.17) is 14.2 Å². The summed E-state index contributed by atoms with van der Waals surface area (Å²) >= 11 is 0. The number of esters is 1. The summed E-state index contributed by atoms with van der Waals surface area (Å²) in [5.41, 5.74) is 0. The van der Waals surface area contributed by atoms with Crippen LogP contribution >= 0.6 is 0 Å². The monoisotopic (exact) mass is 1230 g/mol. The zero-order valence-electron chi connectivity index (χ0n) is 56.6. The van der Waals surface area contributed by atoms with E-state index in [1.54, 1.807) is 6.08 Å². The number of ether oxygens (including phenoxy) is 3. The number of unbranched alkanes of at least 4 members (excludes halogenated alkanes) is 42. The summed E-state index contributed by atoms with van der Waals surface area (Å²) in [6, 6.07) is -1.03. The maximum Gasteiger partial charge on any atom is 0.306 e. The second-order valence-corrected chi connectivity index (χ2v) is 25.7. The Balaban J connectivity index is 2.58. The van der Waals surface area contributed by atoms with Crippen molar-refractivity contribution < 1.29 is 49.3 Å². The Hall–Kier alpha value is -2.64. The maximum atomic E-state index is 13.5. The molecule has 0 aliphatic carbocycles. The van der Waals surface area contributed by atoms with E-state index in [0.717, 1.165) is 96.3 Å². The number of aliphatic hydroxyl groups excluding tert-OH is 5. The van der Waals surface area contributed by atoms with Gasteiger partial charge in [-0.2, -0.15) is 0 Å². The van der Waals surface area contributed by atoms with Crippen molar-refractivity contribution in [3.05, 3.63) is 60.8 Å². The van der Waals surface area contributed by atoms with E-state index in [1.165, 1.54) is 205 Å². The molecule has 87 heavy (non-hydrogen) atoms. The lowest BCUT2D eigenvalue weighted by Gasteiger charge is -2.41. The molecule has 1 saturated heterocycles. The van der Waals surface area contributed by atoms with Crippen LogP contribution < -0.4 is 5.32 Å². The molecule has 0 aromatic rings. The van der Waals surface area contributed by atoms with Crippen LogP contribution in [0.5, 0.6) is 0 Å². The maximum absolute atomic E-state index is 13.5. The van der Waals surface area contributed by atoms with Gasteiger partial charge in [-0.1, -0.05) is 332 Å². The average molecular weight is 1230 g/mol. The highest BCUT2D eigenvalue weighted by Crippen LogP contribution is 2.26. The highest BCUT2D eigenvalue weighted by molar-refractivity contribution is 5.80. The zero-order valence-corrected chi connectivity index (χ0v) is 56.6. The zero-order chi connectivity index (χ0) is 63.1. The number of aliphatic hydroxyl groups is 5. The van der Waals surface area contributed by atoms with Gasteiger partial charge in [0.25, 0.3) is 0 Å². The summed E-state index contributed by atoms with van der Waals surface area (Å²) in [5, 5.41) is 57.3. The number of rotatable bonds is 64. The van der Waals surface area contributed by atoms with Crippen LogP contribution in [0.1, 0.15) is 348 Å². The Kier molecular flexibility index (Phi) is 60.1. The SMILES string of the molecule is CCCCC/C=C\C/C=C\C/C=C\C/C=C\CCCCCCCCC(O)C(=O)NC(COC1OC(CO)C(O)C(O)C1OC(=O)CCCCCCCCCCCCCCCCCCCCCCCCC)C(O)/C=C/CCCCCCCCCCCCC. The van der Waals surface area contributed by atoms with Crippen molar-refractivity contribution >= 4 is 11.9 Å². The van der Waals surface area contributed by atoms with Gasteiger partial charge in [-0.25, -0.2) is 0 Å². The van der Waals surface area contributed by atoms with Crippen molar-refractivity contribution in [1.29, 1.82) is 0 Å². The lowest BCUT2D eigenvalue weighted by Crippen LogP contribution is -2.61. The summed E-state index contributed by atoms with van der Waals surface area (Å²) in [5.74, 6) is -1.19. The molecular weight excluding hydrogens is 1090 g/mol. The molecule has 1 rings (SSSR count). The Bertz CT molecular complexity index is 1650. The Morgan fingerprint density at radius 3 is 1.21 bits per heavy atom. The van der Waals surface area contributed by atoms with E-state index < -0.39 is 67.4 Å². The molecule has 0 saturated carbocycles. The summed E-state index contributed by atoms with van der Waals surface area (Å²) in [6.45, 7) is 5.81. The van der Waals surface area contributed by atoms with E-state index in [2.05, 4.69) is 74.7 Å². The van der Waals surface area contributed by atoms with Crippen LogP contribution in [0.4, 0.5) is 0 Å². The summed E-state index contributed by atoms with van der Waals surface area (Å²) in [7, 11) is 0. The highest BCUT2D eigenvalue weighted by Gasteiger charge is 2.47. The fraction of sp³-hybridized carbons (Fsp3) is 0.842. The van der Waals surface area contributed by atoms with E-state index in [0.29, 0.717) is 12.8 Å². The van der Waals surface area contributed by atoms with Crippen LogP contribution in [0, 0.1) is 0 Å². The Morgan fingerprint density at radius 2 is 0.793 bits per heavy atom. The van der Waals surface area contributed by atoms with Crippen molar-refractivity contribution in [2.75, 3.05) is 13.2 Å². The standard InChI is InChI=1S/C76H139NO10/c1-4-7-10-13-16-19-22-25-27-29-31-33-35-37-39-41-43-46-49-52-55-58-61-64-71(81)87-74-73(83)72(82)70(65-78)86-76(74)85-66-67(68(79)62-59-56-53-50-47-44-24-21-18-15-12-9-6-3)77-75(84)69(80)63-60-57-54-51-48-45-42-40-38-36-34-32-30-28-26-23-20-17-14-11-8-5-2/h17,20,26,28,32,34,38,40,59,62,67-70,72-74,76,78-80,82-83H,4-16,18-19,21-25,27,29-31,33,35-37,39,41-58,60-61,63-66H2,1-3H3,(H,77,84)/b20-17-,28-26-,34-32-,40-38-,62-59+. The molecule has 508 valence electrons. The number of carbonyl (C=O) groups is 2. The van der Waals surface area contributed by atoms with E-state index >= 15 is 0 Å². The van der Waals surface area contributed by atoms with Gasteiger partial charge >= 0.3 is 5.97 Å². The molecule has 0 radical (unpaired) electrons. The van der Waals surface area contributed by atoms with Gasteiger partial charge in [0.15, 0.2) is 12.4 Å². The normalized spacial score (nSPS) is 18.6. The van der Waals surface area contributed by atoms with Gasteiger partial charge in [0.2, 0.25) is 5.91 Å². The molecular formula is C76H139NO10. The molecule has 11 nitrogen and oxygen atoms in total. The van der Waals surface area contributed by atoms with Gasteiger partial charge in [-0.15, -0.1) is 0 Å². The van der Waals surface area contributed by atoms with Crippen LogP contribution in [0.3, 0.4) is 0 Å². The van der Waals surface area contributed by atoms with Crippen molar-refractivity contribution in [3.63, 3.8) is 0 Å². The fourth-order valence-electron chi connectivity index (χ4n) is 11.6. The number of hydrogen-bond donors (Lipinski definition) is 6. The first kappa shape index (κ1) is 82.4. The van der Waals surface area contributed by atoms with Gasteiger partial charge in [-0.05, 0) is 70.6 Å². The molecule has 11 heteroatoms. The summed E-state index contributed by atoms with van der Waals surface area (Å²) in [6.07, 6.45) is 71.1. The molecule has 0 aromatic carbocycles. The topological polar surface area (TPSA) is 175 Å². The van der Waals surface area contributed by atoms with E-state index in [-0.39, 0.29) is 19.4 Å². The minimum atomic E-state index is -1.62. The molecule has 0 bridgehead atoms. The molecule has 8 unspecified atom stereocenters. The third kappa shape index (κ3) is 50.7. The fourth-order valence-corrected chi connectivity index (χ4v) is 11.6. The van der Waals surface area contributed by atoms with Crippen molar-refractivity contribution in [1.82, 2.24) is 5.32 Å². The Labute approximate surface area is 535 Å². The van der Waals surface area contributed by atoms with Crippen molar-refractivity contribution in [2.24, 2.45) is 0 Å². The second-order valence-electron chi connectivity index (χ2n) is 25.7. The molecule has 6 N–H and O–H groups in total. The molecule has 1 fully saturated rings. The number of hydrogen-bond acceptors (Lipinski definition) is 10. The number of amides is 1. The van der Waals surface area contributed by atoms with Crippen molar-refractivity contribution in [2.45, 2.75) is 397 Å². The minimum absolute atomic E-state index is 0.126. The minimum Gasteiger partial charge on any atom is -0.454 e. The lowest BCUT2D eigenvalue weighted by atomic mass is 9.99. The van der Waals surface area contributed by atoms with Crippen LogP contribution in [-0.2, 0) is 23.8 Å². The first-order valence-electron chi connectivity index (χ1n) is 37.1. The lowest BCUT2D eigenvalue weighted by molar-refractivity contribution is -0.305. The van der Waals surface area contributed by atoms with Gasteiger partial charge in [0, 0.05) is 6.42 Å². The van der Waals surface area contributed by atoms with Crippen molar-refractivity contribution in [3.8, 4) is 0 Å². The predicted molar refractivity (Wildman–Crippen MR) is 366 cm³/mol. The first-order valence-corrected chi connectivity index (χ1v) is 37.1. The molecule has 8 atom stereocenters. The Morgan fingerprint density at radius 1 is 0.448 bits per heavy atom. The second kappa shape index (κ2) is 63.5. The smallest absolute Gasteiger partial charge is 0.306 e. The quantitative estimate of drug-likeness (QED) is 0.0195. The number of allylic oxidation sites excluding steroid dienone is 9. The van der Waals surface area contributed by atoms with E-state index in [1.807, 2.05) is 6.08 Å². The average Bonchev–Trinajstić information content (AvgIpc) is 2.25. The van der Waals surface area contributed by atoms with Gasteiger partial charge in [-0.3, -0.25) is 9.59 Å². The highest BCUT2D eigenvalue weighted by atomic mass is 16.7. The molecule has 1 heterocycles. The van der Waals surface area contributed by atoms with Gasteiger partial charge in [0.1, 0.15) is 24.4 Å². The third-order valence-corrected chi connectivity index (χ3v) is 17.4. The third-order valence-electron chi connectivity index (χ3n) is 17.4. The molecule has 0 spiro atoms. The van der Waals surface area contributed by atoms with Crippen LogP contribution in [0.2, 0.25) is 0 Å². The molecule has 1 amide bonds. The molecule has 1 aliphatic heterocycles. The van der Waals surface area contributed by atoms with Crippen LogP contribution in [-0.4, -0.2) is 99.6 Å². The molecule has 1 aliphatic rings. The van der Waals surface area contributed by atoms with Gasteiger partial charge in [0.05, 0.1) is 25.4 Å². The molecule has 0 aromatic heterocycles. The van der Waals surface area contributed by atoms with E-state index in [9.17, 15) is 35.1 Å². The first-order chi connectivity index (χ1) is 42.7. The van der Waals surface area contributed by atoms with Gasteiger partial charge < -0.3 is 45.1 Å². The summed E-state index contributed by atoms with van der Waals surface area (Å²) in [4.78, 5) is 26.7. The van der Waals surface area contributed by atoms with Crippen LogP contribution in [0.15, 0.2) is 60.8 Å². The summed E-state index contributed by atoms with van der Waals surface area (Å²) < 4.78 is 17.7. The van der Waals surface area contributed by atoms with Crippen LogP contribution in [0.25, 0.3) is 0 Å². The number of carbonyl (C=O) groups excluding carboxylic acids is 2. The largest absolute Gasteiger partial charge is 0.454 e. The predicted octanol–water partition coefficient (Wildman–Crippen LogP) is 19.3. The number of nitrogens with one attached hydrogen (secondary N) is 1.